The van der Waals surface area contributed by atoms with E-state index in [1.165, 1.54) is 11.3 Å². The minimum atomic E-state index is -0.800. The van der Waals surface area contributed by atoms with Gasteiger partial charge in [-0.3, -0.25) is 9.59 Å². The van der Waals surface area contributed by atoms with Crippen molar-refractivity contribution in [3.8, 4) is 0 Å². The van der Waals surface area contributed by atoms with Gasteiger partial charge in [-0.25, -0.2) is 14.6 Å². The smallest absolute Gasteiger partial charge is 0.408 e. The number of ether oxygens (including phenoxy) is 2. The van der Waals surface area contributed by atoms with Crippen molar-refractivity contribution in [3.05, 3.63) is 40.6 Å². The van der Waals surface area contributed by atoms with Crippen LogP contribution in [0.5, 0.6) is 0 Å². The zero-order valence-electron chi connectivity index (χ0n) is 20.5. The van der Waals surface area contributed by atoms with E-state index in [2.05, 4.69) is 38.8 Å². The van der Waals surface area contributed by atoms with E-state index in [0.717, 1.165) is 50.6 Å². The maximum Gasteiger partial charge on any atom is 0.408 e. The van der Waals surface area contributed by atoms with E-state index in [-0.39, 0.29) is 34.1 Å². The van der Waals surface area contributed by atoms with E-state index in [9.17, 15) is 19.2 Å². The highest BCUT2D eigenvalue weighted by atomic mass is 32.1. The number of thiazole rings is 1. The molecule has 0 aromatic carbocycles. The van der Waals surface area contributed by atoms with Crippen LogP contribution in [0.15, 0.2) is 29.9 Å². The highest BCUT2D eigenvalue weighted by Crippen LogP contribution is 2.54. The number of carbonyl (C=O) groups is 4. The van der Waals surface area contributed by atoms with Crippen LogP contribution in [0.4, 0.5) is 4.79 Å². The van der Waals surface area contributed by atoms with Gasteiger partial charge in [0, 0.05) is 16.3 Å². The molecule has 2 bridgehead atoms. The molecule has 3 saturated carbocycles. The average molecular weight is 505 g/mol. The van der Waals surface area contributed by atoms with E-state index in [1.54, 1.807) is 5.38 Å². The Kier molecular flexibility index (Phi) is 7.39. The molecule has 0 spiro atoms. The summed E-state index contributed by atoms with van der Waals surface area (Å²) in [5.74, 6) is -2.15. The van der Waals surface area contributed by atoms with Crippen LogP contribution >= 0.6 is 11.3 Å². The van der Waals surface area contributed by atoms with Crippen LogP contribution in [0.2, 0.25) is 0 Å². The molecule has 3 amide bonds. The van der Waals surface area contributed by atoms with E-state index in [1.807, 2.05) is 20.8 Å². The largest absolute Gasteiger partial charge is 0.464 e. The van der Waals surface area contributed by atoms with Gasteiger partial charge in [0.25, 0.3) is 11.8 Å². The lowest BCUT2D eigenvalue weighted by Crippen LogP contribution is -2.58. The second-order valence-electron chi connectivity index (χ2n) is 10.1. The molecule has 10 nitrogen and oxygen atoms in total. The Morgan fingerprint density at radius 2 is 1.60 bits per heavy atom. The second-order valence-corrected chi connectivity index (χ2v) is 10.9. The molecule has 3 fully saturated rings. The Morgan fingerprint density at radius 3 is 2.14 bits per heavy atom. The Hall–Kier alpha value is -3.21. The van der Waals surface area contributed by atoms with Crippen LogP contribution in [-0.2, 0) is 24.5 Å². The van der Waals surface area contributed by atoms with Crippen LogP contribution in [0.25, 0.3) is 0 Å². The molecule has 0 saturated heterocycles. The number of nitrogens with one attached hydrogen (secondary N) is 3. The van der Waals surface area contributed by atoms with Crippen molar-refractivity contribution in [1.82, 2.24) is 20.9 Å². The molecule has 1 aromatic rings. The lowest BCUT2D eigenvalue weighted by molar-refractivity contribution is -0.137. The number of amides is 3. The van der Waals surface area contributed by atoms with Gasteiger partial charge >= 0.3 is 12.1 Å². The number of carbonyl (C=O) groups excluding carboxylic acids is 4. The van der Waals surface area contributed by atoms with Crippen LogP contribution < -0.4 is 16.0 Å². The van der Waals surface area contributed by atoms with Crippen LogP contribution in [-0.4, -0.2) is 47.1 Å². The van der Waals surface area contributed by atoms with Crippen molar-refractivity contribution in [2.75, 3.05) is 7.11 Å². The summed E-state index contributed by atoms with van der Waals surface area (Å²) >= 11 is 1.42. The van der Waals surface area contributed by atoms with Crippen molar-refractivity contribution in [1.29, 1.82) is 0 Å². The third-order valence-corrected chi connectivity index (χ3v) is 7.53. The Labute approximate surface area is 208 Å². The first-order valence-electron chi connectivity index (χ1n) is 11.3. The molecule has 11 heteroatoms. The average Bonchev–Trinajstić information content (AvgIpc) is 3.29. The molecule has 3 aliphatic carbocycles. The monoisotopic (exact) mass is 504 g/mol. The van der Waals surface area contributed by atoms with Gasteiger partial charge in [-0.05, 0) is 59.3 Å². The predicted molar refractivity (Wildman–Crippen MR) is 129 cm³/mol. The number of esters is 1. The standard InChI is InChI=1S/C24H32N4O6S/c1-14(17(29)26-15(2)19(31)33-6)25-18(30)16-13-35-20(27-16)23-7-10-24(11-8-23,12-9-23)28-21(32)34-22(3,4)5/h13H,1-2,7-12H2,3-6H3,(H,25,30)(H,26,29)(H,28,32). The number of methoxy groups -OCH3 is 1. The van der Waals surface area contributed by atoms with E-state index in [4.69, 9.17) is 4.74 Å². The topological polar surface area (TPSA) is 136 Å². The van der Waals surface area contributed by atoms with Gasteiger partial charge in [0.15, 0.2) is 0 Å². The number of rotatable bonds is 7. The fraction of sp³-hybridized carbons (Fsp3) is 0.542. The van der Waals surface area contributed by atoms with Gasteiger partial charge in [0.2, 0.25) is 0 Å². The molecule has 1 aromatic heterocycles. The summed E-state index contributed by atoms with van der Waals surface area (Å²) in [4.78, 5) is 53.0. The molecule has 190 valence electrons. The second kappa shape index (κ2) is 9.80. The number of alkyl carbamates (subject to hydrolysis) is 1. The van der Waals surface area contributed by atoms with Crippen molar-refractivity contribution in [3.63, 3.8) is 0 Å². The van der Waals surface area contributed by atoms with Crippen molar-refractivity contribution in [2.24, 2.45) is 0 Å². The number of hydrogen-bond acceptors (Lipinski definition) is 8. The van der Waals surface area contributed by atoms with Crippen LogP contribution in [0.3, 0.4) is 0 Å². The maximum absolute atomic E-state index is 12.6. The normalized spacial score (nSPS) is 23.1. The van der Waals surface area contributed by atoms with Crippen molar-refractivity contribution in [2.45, 2.75) is 75.9 Å². The van der Waals surface area contributed by atoms with Gasteiger partial charge in [0.1, 0.15) is 17.0 Å². The van der Waals surface area contributed by atoms with Gasteiger partial charge in [-0.15, -0.1) is 11.3 Å². The molecule has 4 rings (SSSR count). The van der Waals surface area contributed by atoms with E-state index in [0.29, 0.717) is 0 Å². The highest BCUT2D eigenvalue weighted by molar-refractivity contribution is 7.10. The van der Waals surface area contributed by atoms with Gasteiger partial charge in [0.05, 0.1) is 17.8 Å². The number of hydrogen-bond donors (Lipinski definition) is 3. The SMILES string of the molecule is C=C(NC(=O)c1csc(C23CCC(NC(=O)OC(C)(C)C)(CC2)CC3)n1)C(=O)NC(=C)C(=O)OC. The van der Waals surface area contributed by atoms with Gasteiger partial charge in [-0.2, -0.15) is 0 Å². The van der Waals surface area contributed by atoms with Crippen molar-refractivity contribution < 1.29 is 28.7 Å². The van der Waals surface area contributed by atoms with E-state index < -0.39 is 23.4 Å². The third kappa shape index (κ3) is 6.08. The molecule has 0 unspecified atom stereocenters. The lowest BCUT2D eigenvalue weighted by Gasteiger charge is -2.52. The summed E-state index contributed by atoms with van der Waals surface area (Å²) in [5, 5.41) is 10.3. The summed E-state index contributed by atoms with van der Waals surface area (Å²) in [7, 11) is 1.16. The molecule has 1 heterocycles. The first-order chi connectivity index (χ1) is 16.3. The van der Waals surface area contributed by atoms with Gasteiger partial charge in [-0.1, -0.05) is 13.2 Å². The summed E-state index contributed by atoms with van der Waals surface area (Å²) in [6.07, 6.45) is 4.60. The molecule has 0 atom stereocenters. The zero-order valence-corrected chi connectivity index (χ0v) is 21.4. The molecule has 3 aliphatic rings. The first kappa shape index (κ1) is 26.4. The van der Waals surface area contributed by atoms with Crippen LogP contribution in [0, 0.1) is 0 Å². The Morgan fingerprint density at radius 1 is 1.00 bits per heavy atom. The zero-order chi connectivity index (χ0) is 26.0. The lowest BCUT2D eigenvalue weighted by atomic mass is 9.57. The quantitative estimate of drug-likeness (QED) is 0.384. The molecular weight excluding hydrogens is 472 g/mol. The summed E-state index contributed by atoms with van der Waals surface area (Å²) < 4.78 is 9.91. The number of fused-ring (bicyclic) bond motifs is 3. The maximum atomic E-state index is 12.6. The van der Waals surface area contributed by atoms with Crippen LogP contribution in [0.1, 0.15) is 74.8 Å². The Bertz CT molecular complexity index is 1050. The van der Waals surface area contributed by atoms with E-state index >= 15 is 0 Å². The highest BCUT2D eigenvalue weighted by Gasteiger charge is 2.51. The summed E-state index contributed by atoms with van der Waals surface area (Å²) in [6, 6.07) is 0. The first-order valence-corrected chi connectivity index (χ1v) is 12.2. The molecule has 0 radical (unpaired) electrons. The molecule has 0 aliphatic heterocycles. The molecule has 35 heavy (non-hydrogen) atoms. The minimum absolute atomic E-state index is 0.132. The van der Waals surface area contributed by atoms with Crippen molar-refractivity contribution >= 4 is 35.2 Å². The molecule has 3 N–H and O–H groups in total. The predicted octanol–water partition coefficient (Wildman–Crippen LogP) is 3.06. The third-order valence-electron chi connectivity index (χ3n) is 6.44. The number of aromatic nitrogens is 1. The fourth-order valence-electron chi connectivity index (χ4n) is 4.48. The number of nitrogens with zero attached hydrogens (tertiary/aromatic N) is 1. The van der Waals surface area contributed by atoms with Gasteiger partial charge < -0.3 is 25.4 Å². The summed E-state index contributed by atoms with van der Waals surface area (Å²) in [5.41, 5.74) is -1.27. The fourth-order valence-corrected chi connectivity index (χ4v) is 5.57. The molecular formula is C24H32N4O6S. The minimum Gasteiger partial charge on any atom is -0.464 e. The summed E-state index contributed by atoms with van der Waals surface area (Å²) in [6.45, 7) is 12.5. The Balaban J connectivity index is 1.58.